The summed E-state index contributed by atoms with van der Waals surface area (Å²) in [6.07, 6.45) is 4.98. The summed E-state index contributed by atoms with van der Waals surface area (Å²) >= 11 is 4.47. The van der Waals surface area contributed by atoms with Crippen molar-refractivity contribution in [1.29, 1.82) is 0 Å². The van der Waals surface area contributed by atoms with Crippen LogP contribution in [-0.2, 0) is 9.47 Å². The van der Waals surface area contributed by atoms with Crippen molar-refractivity contribution in [2.75, 3.05) is 33.4 Å². The topological polar surface area (TPSA) is 59.1 Å². The first-order chi connectivity index (χ1) is 11.4. The van der Waals surface area contributed by atoms with Gasteiger partial charge in [0.15, 0.2) is 0 Å². The molecule has 1 rings (SSSR count). The number of thiol groups is 1. The Labute approximate surface area is 149 Å². The highest BCUT2D eigenvalue weighted by Gasteiger charge is 2.33. The van der Waals surface area contributed by atoms with Crippen molar-refractivity contribution in [3.05, 3.63) is 37.0 Å². The molecule has 0 bridgehead atoms. The van der Waals surface area contributed by atoms with Gasteiger partial charge in [0.05, 0.1) is 6.04 Å². The van der Waals surface area contributed by atoms with Crippen molar-refractivity contribution >= 4 is 24.8 Å². The van der Waals surface area contributed by atoms with Crippen molar-refractivity contribution in [3.8, 4) is 0 Å². The first kappa shape index (κ1) is 20.2. The van der Waals surface area contributed by atoms with Gasteiger partial charge >= 0.3 is 12.2 Å². The van der Waals surface area contributed by atoms with E-state index in [4.69, 9.17) is 9.47 Å². The summed E-state index contributed by atoms with van der Waals surface area (Å²) in [5.41, 5.74) is 0.960. The van der Waals surface area contributed by atoms with Gasteiger partial charge in [-0.25, -0.2) is 9.59 Å². The molecule has 0 N–H and O–H groups in total. The van der Waals surface area contributed by atoms with Crippen LogP contribution < -0.4 is 0 Å². The average Bonchev–Trinajstić information content (AvgIpc) is 2.90. The number of likely N-dealkylation sites (tertiary alicyclic amines) is 1. The fourth-order valence-electron chi connectivity index (χ4n) is 2.48. The van der Waals surface area contributed by atoms with E-state index in [9.17, 15) is 9.59 Å². The lowest BCUT2D eigenvalue weighted by molar-refractivity contribution is 0.113. The lowest BCUT2D eigenvalue weighted by Gasteiger charge is -2.23. The van der Waals surface area contributed by atoms with Gasteiger partial charge in [0.2, 0.25) is 0 Å². The van der Waals surface area contributed by atoms with Gasteiger partial charge in [0, 0.05) is 25.4 Å². The summed E-state index contributed by atoms with van der Waals surface area (Å²) in [7, 11) is 1.66. The number of hydrogen-bond acceptors (Lipinski definition) is 5. The molecule has 1 heterocycles. The third-order valence-corrected chi connectivity index (χ3v) is 3.85. The Morgan fingerprint density at radius 1 is 1.29 bits per heavy atom. The molecule has 0 saturated carbocycles. The van der Waals surface area contributed by atoms with Gasteiger partial charge in [-0.3, -0.25) is 0 Å². The van der Waals surface area contributed by atoms with E-state index in [1.807, 2.05) is 13.0 Å². The number of nitrogens with zero attached hydrogens (tertiary/aromatic N) is 2. The summed E-state index contributed by atoms with van der Waals surface area (Å²) in [6.45, 7) is 10.3. The number of amides is 2. The number of carbonyl (C=O) groups is 2. The molecule has 2 atom stereocenters. The molecule has 1 aliphatic heterocycles. The van der Waals surface area contributed by atoms with Crippen molar-refractivity contribution in [2.24, 2.45) is 0 Å². The highest BCUT2D eigenvalue weighted by atomic mass is 32.1. The third-order valence-electron chi connectivity index (χ3n) is 3.48. The van der Waals surface area contributed by atoms with Crippen molar-refractivity contribution in [1.82, 2.24) is 9.80 Å². The molecule has 0 radical (unpaired) electrons. The van der Waals surface area contributed by atoms with E-state index in [0.29, 0.717) is 13.1 Å². The summed E-state index contributed by atoms with van der Waals surface area (Å²) in [6, 6.07) is -0.0950. The number of hydrogen-bond donors (Lipinski definition) is 1. The van der Waals surface area contributed by atoms with Gasteiger partial charge in [-0.1, -0.05) is 37.0 Å². The number of rotatable bonds is 7. The van der Waals surface area contributed by atoms with E-state index in [2.05, 4.69) is 25.8 Å². The van der Waals surface area contributed by atoms with Crippen molar-refractivity contribution in [2.45, 2.75) is 24.6 Å². The molecule has 0 spiro atoms. The summed E-state index contributed by atoms with van der Waals surface area (Å²) < 4.78 is 10.1. The van der Waals surface area contributed by atoms with Crippen LogP contribution in [0, 0.1) is 0 Å². The summed E-state index contributed by atoms with van der Waals surface area (Å²) in [4.78, 5) is 27.0. The molecule has 1 fully saturated rings. The van der Waals surface area contributed by atoms with Crippen LogP contribution in [0.1, 0.15) is 13.3 Å². The predicted octanol–water partition coefficient (Wildman–Crippen LogP) is 2.88. The van der Waals surface area contributed by atoms with Crippen molar-refractivity contribution < 1.29 is 19.1 Å². The van der Waals surface area contributed by atoms with E-state index >= 15 is 0 Å². The van der Waals surface area contributed by atoms with E-state index in [-0.39, 0.29) is 30.6 Å². The molecule has 0 aliphatic carbocycles. The van der Waals surface area contributed by atoms with Crippen LogP contribution >= 0.6 is 12.6 Å². The van der Waals surface area contributed by atoms with Crippen LogP contribution in [0.2, 0.25) is 0 Å². The predicted molar refractivity (Wildman–Crippen MR) is 97.4 cm³/mol. The van der Waals surface area contributed by atoms with E-state index in [0.717, 1.165) is 12.0 Å². The molecule has 0 aromatic heterocycles. The van der Waals surface area contributed by atoms with Gasteiger partial charge in [-0.15, -0.1) is 0 Å². The first-order valence-electron chi connectivity index (χ1n) is 7.77. The van der Waals surface area contributed by atoms with E-state index in [1.54, 1.807) is 11.9 Å². The first-order valence-corrected chi connectivity index (χ1v) is 8.29. The van der Waals surface area contributed by atoms with Crippen LogP contribution in [0.4, 0.5) is 9.59 Å². The Morgan fingerprint density at radius 2 is 1.92 bits per heavy atom. The highest BCUT2D eigenvalue weighted by Crippen LogP contribution is 2.24. The molecule has 6 nitrogen and oxygen atoms in total. The molecule has 1 aliphatic rings. The fraction of sp³-hybridized carbons (Fsp3) is 0.529. The molecule has 1 saturated heterocycles. The maximum atomic E-state index is 12.1. The number of likely N-dealkylation sites (N-methyl/N-ethyl adjacent to an activating group) is 1. The standard InChI is InChI=1S/C17H26N2O4S/c1-5-7-22-16(20)18(4)11-13(3)9-14-10-15(24)12-19(14)17(21)23-8-6-2/h5-6,9,14-15,24H,1-2,7-8,10-12H2,3-4H3/b13-9+/t14-,15+/m1/s1. The number of carbonyl (C=O) groups excluding carboxylic acids is 2. The molecular formula is C17H26N2O4S. The van der Waals surface area contributed by atoms with Crippen LogP contribution in [-0.4, -0.2) is 66.6 Å². The van der Waals surface area contributed by atoms with E-state index in [1.165, 1.54) is 17.1 Å². The van der Waals surface area contributed by atoms with Crippen LogP contribution in [0.5, 0.6) is 0 Å². The minimum absolute atomic E-state index is 0.0950. The highest BCUT2D eigenvalue weighted by molar-refractivity contribution is 7.81. The minimum atomic E-state index is -0.414. The van der Waals surface area contributed by atoms with Crippen LogP contribution in [0.25, 0.3) is 0 Å². The average molecular weight is 354 g/mol. The Hall–Kier alpha value is -1.89. The molecule has 7 heteroatoms. The lowest BCUT2D eigenvalue weighted by Crippen LogP contribution is -2.36. The van der Waals surface area contributed by atoms with Crippen molar-refractivity contribution in [3.63, 3.8) is 0 Å². The van der Waals surface area contributed by atoms with Gasteiger partial charge in [-0.2, -0.15) is 12.6 Å². The molecule has 0 aromatic carbocycles. The Kier molecular flexibility index (Phi) is 8.46. The molecule has 2 amide bonds. The van der Waals surface area contributed by atoms with Gasteiger partial charge in [-0.05, 0) is 13.3 Å². The second-order valence-electron chi connectivity index (χ2n) is 5.71. The van der Waals surface area contributed by atoms with Crippen LogP contribution in [0.15, 0.2) is 37.0 Å². The second kappa shape index (κ2) is 10.1. The third kappa shape index (κ3) is 6.31. The minimum Gasteiger partial charge on any atom is -0.445 e. The summed E-state index contributed by atoms with van der Waals surface area (Å²) in [5, 5.41) is 0.102. The number of ether oxygens (including phenoxy) is 2. The zero-order valence-corrected chi connectivity index (χ0v) is 15.2. The molecule has 24 heavy (non-hydrogen) atoms. The SMILES string of the molecule is C=CCOC(=O)N(C)C/C(C)=C/[C@@H]1C[C@H](S)CN1C(=O)OCC=C. The maximum Gasteiger partial charge on any atom is 0.410 e. The summed E-state index contributed by atoms with van der Waals surface area (Å²) in [5.74, 6) is 0. The van der Waals surface area contributed by atoms with Gasteiger partial charge in [0.25, 0.3) is 0 Å². The normalized spacial score (nSPS) is 20.5. The van der Waals surface area contributed by atoms with E-state index < -0.39 is 6.09 Å². The van der Waals surface area contributed by atoms with Crippen LogP contribution in [0.3, 0.4) is 0 Å². The Bertz CT molecular complexity index is 507. The fourth-order valence-corrected chi connectivity index (χ4v) is 2.88. The molecule has 134 valence electrons. The largest absolute Gasteiger partial charge is 0.445 e. The monoisotopic (exact) mass is 354 g/mol. The molecule has 0 aromatic rings. The zero-order valence-electron chi connectivity index (χ0n) is 14.3. The van der Waals surface area contributed by atoms with Gasteiger partial charge < -0.3 is 19.3 Å². The molecular weight excluding hydrogens is 328 g/mol. The van der Waals surface area contributed by atoms with Gasteiger partial charge in [0.1, 0.15) is 13.2 Å². The Balaban J connectivity index is 2.66. The smallest absolute Gasteiger partial charge is 0.410 e. The maximum absolute atomic E-state index is 12.1. The zero-order chi connectivity index (χ0) is 18.1. The second-order valence-corrected chi connectivity index (χ2v) is 6.44. The lowest BCUT2D eigenvalue weighted by atomic mass is 10.1. The Morgan fingerprint density at radius 3 is 2.54 bits per heavy atom. The quantitative estimate of drug-likeness (QED) is 0.564. The molecule has 0 unspecified atom stereocenters.